The predicted molar refractivity (Wildman–Crippen MR) is 91.3 cm³/mol. The summed E-state index contributed by atoms with van der Waals surface area (Å²) in [7, 11) is 0. The van der Waals surface area contributed by atoms with Crippen LogP contribution < -0.4 is 10.6 Å². The lowest BCUT2D eigenvalue weighted by molar-refractivity contribution is 0.490. The molecule has 1 fully saturated rings. The van der Waals surface area contributed by atoms with Gasteiger partial charge in [0.05, 0.1) is 0 Å². The Morgan fingerprint density at radius 2 is 2.15 bits per heavy atom. The van der Waals surface area contributed by atoms with Crippen molar-refractivity contribution in [3.05, 3.63) is 28.2 Å². The molecular formula is C17H27BrN2. The molecule has 0 aliphatic carbocycles. The van der Waals surface area contributed by atoms with Gasteiger partial charge in [0.1, 0.15) is 0 Å². The fraction of sp³-hybridized carbons (Fsp3) is 0.647. The fourth-order valence-corrected chi connectivity index (χ4v) is 3.62. The first-order valence-corrected chi connectivity index (χ1v) is 8.62. The summed E-state index contributed by atoms with van der Waals surface area (Å²) in [4.78, 5) is 2.61. The third kappa shape index (κ3) is 3.56. The molecular weight excluding hydrogens is 312 g/mol. The van der Waals surface area contributed by atoms with E-state index >= 15 is 0 Å². The third-order valence-corrected chi connectivity index (χ3v) is 4.92. The van der Waals surface area contributed by atoms with E-state index in [1.165, 1.54) is 30.6 Å². The van der Waals surface area contributed by atoms with Crippen LogP contribution in [0.4, 0.5) is 5.69 Å². The highest BCUT2D eigenvalue weighted by atomic mass is 79.9. The molecule has 1 aromatic rings. The van der Waals surface area contributed by atoms with Crippen molar-refractivity contribution >= 4 is 21.6 Å². The monoisotopic (exact) mass is 338 g/mol. The predicted octanol–water partition coefficient (Wildman–Crippen LogP) is 4.35. The molecule has 2 rings (SSSR count). The van der Waals surface area contributed by atoms with Gasteiger partial charge in [-0.1, -0.05) is 36.7 Å². The summed E-state index contributed by atoms with van der Waals surface area (Å²) in [5.74, 6) is 0.703. The number of hydrogen-bond acceptors (Lipinski definition) is 2. The summed E-state index contributed by atoms with van der Waals surface area (Å²) >= 11 is 3.60. The van der Waals surface area contributed by atoms with Crippen LogP contribution in [0.15, 0.2) is 22.7 Å². The van der Waals surface area contributed by atoms with Gasteiger partial charge in [0.15, 0.2) is 0 Å². The van der Waals surface area contributed by atoms with E-state index < -0.39 is 0 Å². The highest BCUT2D eigenvalue weighted by Crippen LogP contribution is 2.34. The van der Waals surface area contributed by atoms with Crippen molar-refractivity contribution in [2.45, 2.75) is 58.5 Å². The summed E-state index contributed by atoms with van der Waals surface area (Å²) in [6, 6.07) is 7.60. The highest BCUT2D eigenvalue weighted by molar-refractivity contribution is 9.10. The average molecular weight is 339 g/mol. The third-order valence-electron chi connectivity index (χ3n) is 4.43. The van der Waals surface area contributed by atoms with Crippen LogP contribution in [-0.4, -0.2) is 18.6 Å². The number of nitrogens with zero attached hydrogens (tertiary/aromatic N) is 1. The van der Waals surface area contributed by atoms with Gasteiger partial charge in [0.2, 0.25) is 0 Å². The van der Waals surface area contributed by atoms with Crippen LogP contribution in [0.3, 0.4) is 0 Å². The van der Waals surface area contributed by atoms with Crippen molar-refractivity contribution in [3.8, 4) is 0 Å². The molecule has 0 saturated carbocycles. The van der Waals surface area contributed by atoms with Gasteiger partial charge in [0.25, 0.3) is 0 Å². The molecule has 1 aliphatic rings. The molecule has 0 spiro atoms. The normalized spacial score (nSPS) is 20.7. The molecule has 0 radical (unpaired) electrons. The van der Waals surface area contributed by atoms with E-state index in [1.807, 2.05) is 0 Å². The van der Waals surface area contributed by atoms with E-state index in [1.54, 1.807) is 0 Å². The first-order valence-electron chi connectivity index (χ1n) is 7.83. The molecule has 0 aromatic heterocycles. The Labute approximate surface area is 131 Å². The molecule has 0 bridgehead atoms. The van der Waals surface area contributed by atoms with Crippen LogP contribution in [0, 0.1) is 5.92 Å². The highest BCUT2D eigenvalue weighted by Gasteiger charge is 2.28. The zero-order valence-electron chi connectivity index (χ0n) is 12.9. The minimum atomic E-state index is 0.253. The van der Waals surface area contributed by atoms with Crippen LogP contribution in [-0.2, 0) is 6.42 Å². The van der Waals surface area contributed by atoms with Crippen LogP contribution in [0.1, 0.15) is 45.6 Å². The second-order valence-corrected chi connectivity index (χ2v) is 7.21. The Morgan fingerprint density at radius 3 is 2.80 bits per heavy atom. The Balaban J connectivity index is 2.30. The molecule has 20 heavy (non-hydrogen) atoms. The summed E-state index contributed by atoms with van der Waals surface area (Å²) < 4.78 is 1.15. The van der Waals surface area contributed by atoms with Gasteiger partial charge in [-0.3, -0.25) is 0 Å². The summed E-state index contributed by atoms with van der Waals surface area (Å²) in [6.07, 6.45) is 4.61. The van der Waals surface area contributed by atoms with E-state index in [4.69, 9.17) is 5.73 Å². The van der Waals surface area contributed by atoms with Gasteiger partial charge in [-0.25, -0.2) is 0 Å². The molecule has 1 aromatic carbocycles. The first-order chi connectivity index (χ1) is 9.52. The van der Waals surface area contributed by atoms with Crippen LogP contribution in [0.25, 0.3) is 0 Å². The van der Waals surface area contributed by atoms with E-state index in [-0.39, 0.29) is 6.04 Å². The zero-order chi connectivity index (χ0) is 14.7. The smallest absolute Gasteiger partial charge is 0.0402 e. The largest absolute Gasteiger partial charge is 0.368 e. The van der Waals surface area contributed by atoms with Gasteiger partial charge < -0.3 is 10.6 Å². The lowest BCUT2D eigenvalue weighted by Gasteiger charge is -2.32. The van der Waals surface area contributed by atoms with Gasteiger partial charge in [-0.2, -0.15) is 0 Å². The van der Waals surface area contributed by atoms with Crippen molar-refractivity contribution in [3.63, 3.8) is 0 Å². The maximum atomic E-state index is 6.18. The summed E-state index contributed by atoms with van der Waals surface area (Å²) in [5, 5.41) is 0. The number of hydrogen-bond donors (Lipinski definition) is 1. The number of anilines is 1. The van der Waals surface area contributed by atoms with Gasteiger partial charge >= 0.3 is 0 Å². The molecule has 3 heteroatoms. The maximum absolute atomic E-state index is 6.18. The number of halogens is 1. The quantitative estimate of drug-likeness (QED) is 0.864. The molecule has 2 nitrogen and oxygen atoms in total. The Morgan fingerprint density at radius 1 is 1.40 bits per heavy atom. The van der Waals surface area contributed by atoms with E-state index in [0.717, 1.165) is 17.3 Å². The Hall–Kier alpha value is -0.540. The van der Waals surface area contributed by atoms with E-state index in [9.17, 15) is 0 Å². The molecule has 1 saturated heterocycles. The minimum Gasteiger partial charge on any atom is -0.368 e. The fourth-order valence-electron chi connectivity index (χ4n) is 3.21. The Bertz CT molecular complexity index is 445. The minimum absolute atomic E-state index is 0.253. The van der Waals surface area contributed by atoms with Gasteiger partial charge in [-0.15, -0.1) is 0 Å². The molecule has 1 aliphatic heterocycles. The number of rotatable bonds is 5. The first kappa shape index (κ1) is 15.8. The number of benzene rings is 1. The maximum Gasteiger partial charge on any atom is 0.0402 e. The second kappa shape index (κ2) is 6.95. The molecule has 0 amide bonds. The van der Waals surface area contributed by atoms with Crippen molar-refractivity contribution in [2.24, 2.45) is 11.7 Å². The van der Waals surface area contributed by atoms with Crippen molar-refractivity contribution < 1.29 is 0 Å². The average Bonchev–Trinajstić information content (AvgIpc) is 2.88. The molecule has 1 heterocycles. The van der Waals surface area contributed by atoms with Crippen LogP contribution >= 0.6 is 15.9 Å². The SMILES string of the molecule is CCC(N)Cc1cc(Br)ccc1N1CCCC1C(C)C. The standard InChI is InChI=1S/C17H27BrN2/c1-4-15(19)11-13-10-14(18)7-8-17(13)20-9-5-6-16(20)12(2)3/h7-8,10,12,15-16H,4-6,9,11,19H2,1-3H3. The topological polar surface area (TPSA) is 29.3 Å². The molecule has 2 N–H and O–H groups in total. The lowest BCUT2D eigenvalue weighted by Crippen LogP contribution is -2.34. The molecule has 112 valence electrons. The zero-order valence-corrected chi connectivity index (χ0v) is 14.5. The van der Waals surface area contributed by atoms with E-state index in [0.29, 0.717) is 12.0 Å². The number of nitrogens with two attached hydrogens (primary N) is 1. The van der Waals surface area contributed by atoms with Crippen molar-refractivity contribution in [1.82, 2.24) is 0 Å². The summed E-state index contributed by atoms with van der Waals surface area (Å²) in [5.41, 5.74) is 8.97. The van der Waals surface area contributed by atoms with Crippen LogP contribution in [0.5, 0.6) is 0 Å². The lowest BCUT2D eigenvalue weighted by atomic mass is 9.98. The van der Waals surface area contributed by atoms with Crippen LogP contribution in [0.2, 0.25) is 0 Å². The van der Waals surface area contributed by atoms with Crippen molar-refractivity contribution in [2.75, 3.05) is 11.4 Å². The second-order valence-electron chi connectivity index (χ2n) is 6.29. The van der Waals surface area contributed by atoms with Gasteiger partial charge in [-0.05, 0) is 55.4 Å². The Kier molecular flexibility index (Phi) is 5.50. The molecule has 2 atom stereocenters. The molecule has 2 unspecified atom stereocenters. The van der Waals surface area contributed by atoms with Gasteiger partial charge in [0, 0.05) is 28.8 Å². The van der Waals surface area contributed by atoms with E-state index in [2.05, 4.69) is 59.8 Å². The summed E-state index contributed by atoms with van der Waals surface area (Å²) in [6.45, 7) is 8.01. The van der Waals surface area contributed by atoms with Crippen molar-refractivity contribution in [1.29, 1.82) is 0 Å².